The van der Waals surface area contributed by atoms with E-state index in [1.807, 2.05) is 13.8 Å². The smallest absolute Gasteiger partial charge is 0.340 e. The lowest BCUT2D eigenvalue weighted by Gasteiger charge is -2.05. The Bertz CT molecular complexity index is 372. The fourth-order valence-electron chi connectivity index (χ4n) is 0.894. The number of carbonyl (C=O) groups is 1. The van der Waals surface area contributed by atoms with E-state index in [2.05, 4.69) is 15.2 Å². The summed E-state index contributed by atoms with van der Waals surface area (Å²) in [6.07, 6.45) is -4.44. The fraction of sp³-hybridized carbons (Fsp3) is 0.625. The van der Waals surface area contributed by atoms with Gasteiger partial charge in [0.15, 0.2) is 0 Å². The van der Waals surface area contributed by atoms with E-state index < -0.39 is 18.6 Å². The van der Waals surface area contributed by atoms with E-state index in [9.17, 15) is 18.0 Å². The number of hydrogen-bond donors (Lipinski definition) is 2. The van der Waals surface area contributed by atoms with Crippen molar-refractivity contribution in [1.29, 1.82) is 0 Å². The molecular formula is C8H11F3N4O. The standard InChI is InChI=1S/C8H11F3N4O/c1-4(2)5-13-6(15-14-5)7(16)12-3-8(9,10)11/h4H,3H2,1-2H3,(H,12,16)(H,13,14,15). The summed E-state index contributed by atoms with van der Waals surface area (Å²) in [7, 11) is 0. The molecule has 8 heteroatoms. The third-order valence-electron chi connectivity index (χ3n) is 1.70. The summed E-state index contributed by atoms with van der Waals surface area (Å²) in [5.41, 5.74) is 0. The second kappa shape index (κ2) is 4.50. The molecule has 0 radical (unpaired) electrons. The Morgan fingerprint density at radius 3 is 2.56 bits per heavy atom. The van der Waals surface area contributed by atoms with Crippen LogP contribution < -0.4 is 5.32 Å². The van der Waals surface area contributed by atoms with E-state index in [1.54, 1.807) is 5.32 Å². The summed E-state index contributed by atoms with van der Waals surface area (Å²) in [5, 5.41) is 7.68. The number of halogens is 3. The molecule has 0 fully saturated rings. The summed E-state index contributed by atoms with van der Waals surface area (Å²) in [6.45, 7) is 2.24. The number of amides is 1. The largest absolute Gasteiger partial charge is 0.405 e. The molecule has 0 bridgehead atoms. The summed E-state index contributed by atoms with van der Waals surface area (Å²) in [4.78, 5) is 14.9. The number of hydrogen-bond acceptors (Lipinski definition) is 3. The van der Waals surface area contributed by atoms with Crippen molar-refractivity contribution in [3.63, 3.8) is 0 Å². The van der Waals surface area contributed by atoms with Gasteiger partial charge in [-0.1, -0.05) is 13.8 Å². The van der Waals surface area contributed by atoms with Gasteiger partial charge in [0.2, 0.25) is 5.82 Å². The van der Waals surface area contributed by atoms with Gasteiger partial charge in [0.25, 0.3) is 5.91 Å². The van der Waals surface area contributed by atoms with Crippen LogP contribution in [0.2, 0.25) is 0 Å². The minimum Gasteiger partial charge on any atom is -0.340 e. The SMILES string of the molecule is CC(C)c1nc(C(=O)NCC(F)(F)F)n[nH]1. The average Bonchev–Trinajstić information content (AvgIpc) is 2.61. The molecule has 16 heavy (non-hydrogen) atoms. The number of H-pyrrole nitrogens is 1. The first-order valence-electron chi connectivity index (χ1n) is 4.57. The van der Waals surface area contributed by atoms with Crippen molar-refractivity contribution in [2.24, 2.45) is 0 Å². The molecule has 0 spiro atoms. The molecule has 1 amide bonds. The topological polar surface area (TPSA) is 70.7 Å². The first-order chi connectivity index (χ1) is 7.29. The van der Waals surface area contributed by atoms with E-state index in [4.69, 9.17) is 0 Å². The van der Waals surface area contributed by atoms with Gasteiger partial charge < -0.3 is 5.32 Å². The zero-order chi connectivity index (χ0) is 12.3. The maximum atomic E-state index is 11.8. The van der Waals surface area contributed by atoms with Crippen LogP contribution in [0.3, 0.4) is 0 Å². The van der Waals surface area contributed by atoms with Gasteiger partial charge in [-0.2, -0.15) is 13.2 Å². The molecule has 0 saturated carbocycles. The van der Waals surface area contributed by atoms with Crippen molar-refractivity contribution in [1.82, 2.24) is 20.5 Å². The number of carbonyl (C=O) groups excluding carboxylic acids is 1. The first kappa shape index (κ1) is 12.5. The van der Waals surface area contributed by atoms with Crippen molar-refractivity contribution in [3.05, 3.63) is 11.6 Å². The highest BCUT2D eigenvalue weighted by atomic mass is 19.4. The Morgan fingerprint density at radius 2 is 2.12 bits per heavy atom. The number of alkyl halides is 3. The molecule has 0 unspecified atom stereocenters. The maximum Gasteiger partial charge on any atom is 0.405 e. The number of aromatic amines is 1. The Balaban J connectivity index is 2.60. The number of nitrogens with one attached hydrogen (secondary N) is 2. The predicted molar refractivity (Wildman–Crippen MR) is 48.9 cm³/mol. The van der Waals surface area contributed by atoms with Crippen LogP contribution in [-0.4, -0.2) is 33.8 Å². The normalized spacial score (nSPS) is 11.9. The van der Waals surface area contributed by atoms with E-state index >= 15 is 0 Å². The van der Waals surface area contributed by atoms with Gasteiger partial charge in [-0.25, -0.2) is 4.98 Å². The minimum absolute atomic E-state index is 0.0247. The van der Waals surface area contributed by atoms with Crippen molar-refractivity contribution in [3.8, 4) is 0 Å². The lowest BCUT2D eigenvalue weighted by atomic mass is 10.2. The van der Waals surface area contributed by atoms with Crippen LogP contribution in [0, 0.1) is 0 Å². The predicted octanol–water partition coefficient (Wildman–Crippen LogP) is 1.22. The summed E-state index contributed by atoms with van der Waals surface area (Å²) < 4.78 is 35.4. The molecule has 90 valence electrons. The summed E-state index contributed by atoms with van der Waals surface area (Å²) >= 11 is 0. The Morgan fingerprint density at radius 1 is 1.50 bits per heavy atom. The number of rotatable bonds is 3. The van der Waals surface area contributed by atoms with Gasteiger partial charge in [0, 0.05) is 5.92 Å². The van der Waals surface area contributed by atoms with E-state index in [-0.39, 0.29) is 11.7 Å². The van der Waals surface area contributed by atoms with Crippen LogP contribution in [0.4, 0.5) is 13.2 Å². The van der Waals surface area contributed by atoms with E-state index in [0.29, 0.717) is 5.82 Å². The van der Waals surface area contributed by atoms with Crippen molar-refractivity contribution in [2.75, 3.05) is 6.54 Å². The van der Waals surface area contributed by atoms with Crippen molar-refractivity contribution < 1.29 is 18.0 Å². The van der Waals surface area contributed by atoms with Crippen LogP contribution in [0.1, 0.15) is 36.2 Å². The molecule has 0 aliphatic carbocycles. The third kappa shape index (κ3) is 3.52. The molecule has 1 aromatic rings. The van der Waals surface area contributed by atoms with E-state index in [0.717, 1.165) is 0 Å². The van der Waals surface area contributed by atoms with Gasteiger partial charge in [-0.3, -0.25) is 9.89 Å². The molecule has 0 atom stereocenters. The molecule has 0 saturated heterocycles. The van der Waals surface area contributed by atoms with Crippen LogP contribution in [-0.2, 0) is 0 Å². The second-order valence-electron chi connectivity index (χ2n) is 3.50. The van der Waals surface area contributed by atoms with Gasteiger partial charge >= 0.3 is 6.18 Å². The Hall–Kier alpha value is -1.60. The highest BCUT2D eigenvalue weighted by Gasteiger charge is 2.28. The maximum absolute atomic E-state index is 11.8. The highest BCUT2D eigenvalue weighted by molar-refractivity contribution is 5.90. The molecule has 0 aliphatic rings. The van der Waals surface area contributed by atoms with Gasteiger partial charge in [0.05, 0.1) is 0 Å². The highest BCUT2D eigenvalue weighted by Crippen LogP contribution is 2.12. The van der Waals surface area contributed by atoms with Crippen LogP contribution in [0.15, 0.2) is 0 Å². The van der Waals surface area contributed by atoms with Crippen molar-refractivity contribution in [2.45, 2.75) is 25.9 Å². The van der Waals surface area contributed by atoms with Crippen LogP contribution in [0.25, 0.3) is 0 Å². The van der Waals surface area contributed by atoms with E-state index in [1.165, 1.54) is 0 Å². The van der Waals surface area contributed by atoms with Gasteiger partial charge in [0.1, 0.15) is 12.4 Å². The zero-order valence-corrected chi connectivity index (χ0v) is 8.72. The van der Waals surface area contributed by atoms with Gasteiger partial charge in [-0.05, 0) is 0 Å². The molecule has 1 rings (SSSR count). The second-order valence-corrected chi connectivity index (χ2v) is 3.50. The van der Waals surface area contributed by atoms with Crippen LogP contribution >= 0.6 is 0 Å². The molecule has 1 aromatic heterocycles. The summed E-state index contributed by atoms with van der Waals surface area (Å²) in [5.74, 6) is -0.748. The molecule has 2 N–H and O–H groups in total. The minimum atomic E-state index is -4.44. The third-order valence-corrected chi connectivity index (χ3v) is 1.70. The molecular weight excluding hydrogens is 225 g/mol. The van der Waals surface area contributed by atoms with Crippen molar-refractivity contribution >= 4 is 5.91 Å². The summed E-state index contributed by atoms with van der Waals surface area (Å²) in [6, 6.07) is 0. The lowest BCUT2D eigenvalue weighted by molar-refractivity contribution is -0.123. The zero-order valence-electron chi connectivity index (χ0n) is 8.72. The number of nitrogens with zero attached hydrogens (tertiary/aromatic N) is 2. The van der Waals surface area contributed by atoms with Gasteiger partial charge in [-0.15, -0.1) is 5.10 Å². The molecule has 0 aliphatic heterocycles. The molecule has 5 nitrogen and oxygen atoms in total. The Labute approximate surface area is 89.4 Å². The monoisotopic (exact) mass is 236 g/mol. The number of aromatic nitrogens is 3. The molecule has 0 aromatic carbocycles. The van der Waals surface area contributed by atoms with Crippen LogP contribution in [0.5, 0.6) is 0 Å². The first-order valence-corrected chi connectivity index (χ1v) is 4.57. The average molecular weight is 236 g/mol. The quantitative estimate of drug-likeness (QED) is 0.828. The molecule has 1 heterocycles. The fourth-order valence-corrected chi connectivity index (χ4v) is 0.894. The lowest BCUT2D eigenvalue weighted by Crippen LogP contribution is -2.34. The Kier molecular flexibility index (Phi) is 3.51.